The minimum absolute atomic E-state index is 0.0534. The van der Waals surface area contributed by atoms with Crippen molar-refractivity contribution in [2.24, 2.45) is 22.2 Å². The van der Waals surface area contributed by atoms with Gasteiger partial charge < -0.3 is 62.8 Å². The van der Waals surface area contributed by atoms with Gasteiger partial charge in [-0.1, -0.05) is 0 Å². The standard InChI is InChI=1S/C20H37N8O11P/c21-12(8-30)16(32)25-13(4-1-5-24-20(22)23)17(33)27-15(10-39-40(36,37)38)18(34)26-14(9-31)19(35)28-6-2-3-11(28)7-29/h7,11-15,30-31H,1-6,8-10,21H2,(H,25,32)(H,26,34)(H,27,33)(H4,22,23,24)(H2,36,37,38)/t11-,12-,13-,14-,15-/m0/s1. The molecule has 0 aromatic carbocycles. The molecule has 228 valence electrons. The third-order valence-corrected chi connectivity index (χ3v) is 6.18. The predicted octanol–water partition coefficient (Wildman–Crippen LogP) is -5.89. The summed E-state index contributed by atoms with van der Waals surface area (Å²) in [6.45, 7) is -2.45. The Hall–Kier alpha value is -3.19. The maximum atomic E-state index is 13.0. The Morgan fingerprint density at radius 3 is 2.17 bits per heavy atom. The van der Waals surface area contributed by atoms with Crippen LogP contribution in [0, 0.1) is 0 Å². The fourth-order valence-electron chi connectivity index (χ4n) is 3.63. The van der Waals surface area contributed by atoms with Gasteiger partial charge in [0.2, 0.25) is 23.6 Å². The van der Waals surface area contributed by atoms with Crippen LogP contribution in [0.4, 0.5) is 0 Å². The van der Waals surface area contributed by atoms with E-state index in [2.05, 4.69) is 25.5 Å². The lowest BCUT2D eigenvalue weighted by Gasteiger charge is -2.28. The van der Waals surface area contributed by atoms with E-state index in [9.17, 15) is 33.6 Å². The summed E-state index contributed by atoms with van der Waals surface area (Å²) in [4.78, 5) is 85.3. The number of aliphatic hydroxyl groups excluding tert-OH is 2. The number of hydrogen-bond acceptors (Lipinski definition) is 11. The first kappa shape index (κ1) is 34.8. The maximum absolute atomic E-state index is 13.0. The van der Waals surface area contributed by atoms with Gasteiger partial charge in [-0.25, -0.2) is 4.57 Å². The van der Waals surface area contributed by atoms with Gasteiger partial charge in [0.15, 0.2) is 5.96 Å². The first-order valence-electron chi connectivity index (χ1n) is 12.1. The highest BCUT2D eigenvalue weighted by Gasteiger charge is 2.36. The molecule has 0 bridgehead atoms. The molecule has 0 saturated carbocycles. The molecule has 1 saturated heterocycles. The van der Waals surface area contributed by atoms with Crippen LogP contribution in [-0.4, -0.2) is 124 Å². The van der Waals surface area contributed by atoms with Crippen LogP contribution in [0.1, 0.15) is 25.7 Å². The van der Waals surface area contributed by atoms with Gasteiger partial charge in [0.25, 0.3) is 0 Å². The lowest BCUT2D eigenvalue weighted by atomic mass is 10.1. The molecule has 40 heavy (non-hydrogen) atoms. The monoisotopic (exact) mass is 596 g/mol. The smallest absolute Gasteiger partial charge is 0.394 e. The molecule has 1 heterocycles. The van der Waals surface area contributed by atoms with Gasteiger partial charge in [0.1, 0.15) is 30.5 Å². The first-order valence-corrected chi connectivity index (χ1v) is 13.7. The second-order valence-corrected chi connectivity index (χ2v) is 10.0. The van der Waals surface area contributed by atoms with E-state index >= 15 is 0 Å². The Bertz CT molecular complexity index is 974. The third-order valence-electron chi connectivity index (χ3n) is 5.69. The molecule has 20 heteroatoms. The number of nitrogens with two attached hydrogens (primary N) is 3. The second-order valence-electron chi connectivity index (χ2n) is 8.77. The summed E-state index contributed by atoms with van der Waals surface area (Å²) in [7, 11) is -5.13. The number of aliphatic imine (C=N–C) groups is 1. The molecule has 0 radical (unpaired) electrons. The van der Waals surface area contributed by atoms with Crippen molar-refractivity contribution < 1.29 is 53.1 Å². The van der Waals surface area contributed by atoms with E-state index < -0.39 is 81.5 Å². The summed E-state index contributed by atoms with van der Waals surface area (Å²) in [5.41, 5.74) is 16.0. The molecule has 0 aromatic heterocycles. The van der Waals surface area contributed by atoms with Crippen LogP contribution in [0.3, 0.4) is 0 Å². The highest BCUT2D eigenvalue weighted by atomic mass is 31.2. The third kappa shape index (κ3) is 11.9. The van der Waals surface area contributed by atoms with Crippen molar-refractivity contribution in [3.8, 4) is 0 Å². The van der Waals surface area contributed by atoms with Crippen molar-refractivity contribution in [2.75, 3.05) is 32.9 Å². The molecular weight excluding hydrogens is 559 g/mol. The summed E-state index contributed by atoms with van der Waals surface area (Å²) in [5, 5.41) is 25.5. The molecule has 19 nitrogen and oxygen atoms in total. The zero-order chi connectivity index (χ0) is 30.5. The number of aliphatic hydroxyl groups is 2. The molecule has 1 rings (SSSR count). The summed E-state index contributed by atoms with van der Waals surface area (Å²) in [6, 6.07) is -6.90. The zero-order valence-electron chi connectivity index (χ0n) is 21.5. The summed E-state index contributed by atoms with van der Waals surface area (Å²) in [5.74, 6) is -4.12. The van der Waals surface area contributed by atoms with Gasteiger partial charge in [0, 0.05) is 13.1 Å². The molecule has 13 N–H and O–H groups in total. The van der Waals surface area contributed by atoms with Gasteiger partial charge in [-0.05, 0) is 25.7 Å². The first-order chi connectivity index (χ1) is 18.7. The fraction of sp³-hybridized carbons (Fsp3) is 0.700. The number of carbonyl (C=O) groups is 5. The van der Waals surface area contributed by atoms with Gasteiger partial charge in [-0.3, -0.25) is 28.7 Å². The van der Waals surface area contributed by atoms with E-state index in [0.29, 0.717) is 19.1 Å². The number of phosphoric ester groups is 1. The van der Waals surface area contributed by atoms with Crippen LogP contribution in [0.25, 0.3) is 0 Å². The second kappa shape index (κ2) is 16.8. The molecule has 4 amide bonds. The van der Waals surface area contributed by atoms with E-state index in [0.717, 1.165) is 0 Å². The van der Waals surface area contributed by atoms with Gasteiger partial charge >= 0.3 is 7.82 Å². The van der Waals surface area contributed by atoms with Gasteiger partial charge in [-0.2, -0.15) is 0 Å². The largest absolute Gasteiger partial charge is 0.469 e. The average molecular weight is 597 g/mol. The summed E-state index contributed by atoms with van der Waals surface area (Å²) < 4.78 is 15.6. The molecule has 0 spiro atoms. The molecule has 1 fully saturated rings. The SMILES string of the molecule is NC(N)=NCCC[C@H](NC(=O)[C@@H](N)CO)C(=O)N[C@@H](COP(=O)(O)O)C(=O)N[C@@H](CO)C(=O)N1CCC[C@H]1C=O. The Labute approximate surface area is 229 Å². The number of phosphoric acid groups is 1. The molecule has 0 aliphatic carbocycles. The zero-order valence-corrected chi connectivity index (χ0v) is 22.4. The number of nitrogens with zero attached hydrogens (tertiary/aromatic N) is 2. The molecule has 1 aliphatic rings. The summed E-state index contributed by atoms with van der Waals surface area (Å²) in [6.07, 6.45) is 1.52. The van der Waals surface area contributed by atoms with E-state index in [1.807, 2.05) is 0 Å². The molecular formula is C20H37N8O11P. The minimum Gasteiger partial charge on any atom is -0.394 e. The number of carbonyl (C=O) groups excluding carboxylic acids is 5. The lowest BCUT2D eigenvalue weighted by molar-refractivity contribution is -0.140. The molecule has 5 atom stereocenters. The van der Waals surface area contributed by atoms with Crippen molar-refractivity contribution >= 4 is 43.7 Å². The summed E-state index contributed by atoms with van der Waals surface area (Å²) >= 11 is 0. The van der Waals surface area contributed by atoms with Crippen LogP contribution in [0.5, 0.6) is 0 Å². The van der Waals surface area contributed by atoms with Crippen molar-refractivity contribution in [3.63, 3.8) is 0 Å². The van der Waals surface area contributed by atoms with Crippen molar-refractivity contribution in [2.45, 2.75) is 55.9 Å². The normalized spacial score (nSPS) is 18.1. The van der Waals surface area contributed by atoms with E-state index in [1.165, 1.54) is 4.90 Å². The topological polar surface area (TPSA) is 322 Å². The number of amides is 4. The average Bonchev–Trinajstić information content (AvgIpc) is 3.38. The number of nitrogens with one attached hydrogen (secondary N) is 3. The number of hydrogen-bond donors (Lipinski definition) is 10. The molecule has 0 unspecified atom stereocenters. The quantitative estimate of drug-likeness (QED) is 0.0246. The minimum atomic E-state index is -5.13. The van der Waals surface area contributed by atoms with E-state index in [4.69, 9.17) is 32.1 Å². The Morgan fingerprint density at radius 1 is 1.02 bits per heavy atom. The van der Waals surface area contributed by atoms with Gasteiger partial charge in [0.05, 0.1) is 25.9 Å². The number of guanidine groups is 1. The number of aldehydes is 1. The molecule has 0 aromatic rings. The van der Waals surface area contributed by atoms with Crippen molar-refractivity contribution in [1.29, 1.82) is 0 Å². The van der Waals surface area contributed by atoms with Crippen LogP contribution in [-0.2, 0) is 33.1 Å². The highest BCUT2D eigenvalue weighted by molar-refractivity contribution is 7.46. The van der Waals surface area contributed by atoms with Crippen LogP contribution >= 0.6 is 7.82 Å². The number of likely N-dealkylation sites (tertiary alicyclic amines) is 1. The molecule has 1 aliphatic heterocycles. The van der Waals surface area contributed by atoms with Crippen molar-refractivity contribution in [3.05, 3.63) is 0 Å². The van der Waals surface area contributed by atoms with Crippen molar-refractivity contribution in [1.82, 2.24) is 20.9 Å². The van der Waals surface area contributed by atoms with Gasteiger partial charge in [-0.15, -0.1) is 0 Å². The highest BCUT2D eigenvalue weighted by Crippen LogP contribution is 2.35. The van der Waals surface area contributed by atoms with E-state index in [1.54, 1.807) is 0 Å². The lowest BCUT2D eigenvalue weighted by Crippen LogP contribution is -2.60. The maximum Gasteiger partial charge on any atom is 0.469 e. The predicted molar refractivity (Wildman–Crippen MR) is 137 cm³/mol. The number of rotatable bonds is 17. The Morgan fingerprint density at radius 2 is 1.62 bits per heavy atom. The van der Waals surface area contributed by atoms with Crippen LogP contribution in [0.2, 0.25) is 0 Å². The van der Waals surface area contributed by atoms with E-state index in [-0.39, 0.29) is 31.9 Å². The van der Waals surface area contributed by atoms with Crippen LogP contribution in [0.15, 0.2) is 4.99 Å². The Kier molecular flexibility index (Phi) is 14.6. The Balaban J connectivity index is 3.10. The fourth-order valence-corrected chi connectivity index (χ4v) is 3.97. The van der Waals surface area contributed by atoms with Crippen LogP contribution < -0.4 is 33.2 Å².